The highest BCUT2D eigenvalue weighted by atomic mass is 16.3. The van der Waals surface area contributed by atoms with Crippen molar-refractivity contribution in [2.45, 2.75) is 31.7 Å². The van der Waals surface area contributed by atoms with Crippen LogP contribution in [0.3, 0.4) is 0 Å². The standard InChI is InChI=1S/C20H22N4O/c25-14-16-5-1-2-6-18(16)21-13-15-9-11-17(12-10-15)24-20-8-4-3-7-19(20)22-23-24/h3-4,7-13,16,18,25H,1-2,5-6,14H2/t16-,18+/m0/s1. The normalized spacial score (nSPS) is 21.2. The van der Waals surface area contributed by atoms with Crippen molar-refractivity contribution in [1.82, 2.24) is 15.0 Å². The largest absolute Gasteiger partial charge is 0.396 e. The molecule has 1 N–H and O–H groups in total. The van der Waals surface area contributed by atoms with Crippen LogP contribution in [0, 0.1) is 5.92 Å². The van der Waals surface area contributed by atoms with E-state index in [4.69, 9.17) is 4.99 Å². The van der Waals surface area contributed by atoms with Gasteiger partial charge in [0, 0.05) is 18.7 Å². The van der Waals surface area contributed by atoms with Gasteiger partial charge in [0.25, 0.3) is 0 Å². The summed E-state index contributed by atoms with van der Waals surface area (Å²) in [6.45, 7) is 0.236. The molecule has 1 aromatic heterocycles. The molecule has 5 heteroatoms. The Morgan fingerprint density at radius 2 is 1.88 bits per heavy atom. The van der Waals surface area contributed by atoms with Gasteiger partial charge in [-0.05, 0) is 42.7 Å². The number of hydrogen-bond acceptors (Lipinski definition) is 4. The maximum Gasteiger partial charge on any atom is 0.113 e. The van der Waals surface area contributed by atoms with Gasteiger partial charge in [-0.1, -0.05) is 42.3 Å². The van der Waals surface area contributed by atoms with E-state index in [9.17, 15) is 5.11 Å². The van der Waals surface area contributed by atoms with Gasteiger partial charge in [0.15, 0.2) is 0 Å². The first-order chi connectivity index (χ1) is 12.3. The van der Waals surface area contributed by atoms with Crippen LogP contribution in [0.1, 0.15) is 31.2 Å². The second kappa shape index (κ2) is 7.15. The van der Waals surface area contributed by atoms with Crippen molar-refractivity contribution in [2.24, 2.45) is 10.9 Å². The Labute approximate surface area is 147 Å². The molecule has 4 rings (SSSR count). The summed E-state index contributed by atoms with van der Waals surface area (Å²) in [4.78, 5) is 4.73. The third kappa shape index (κ3) is 3.33. The summed E-state index contributed by atoms with van der Waals surface area (Å²) in [6, 6.07) is 16.3. The Morgan fingerprint density at radius 1 is 1.08 bits per heavy atom. The van der Waals surface area contributed by atoms with E-state index in [2.05, 4.69) is 10.3 Å². The quantitative estimate of drug-likeness (QED) is 0.744. The van der Waals surface area contributed by atoms with Crippen LogP contribution >= 0.6 is 0 Å². The first-order valence-electron chi connectivity index (χ1n) is 8.90. The molecule has 1 saturated carbocycles. The minimum atomic E-state index is 0.236. The number of aromatic nitrogens is 3. The fraction of sp³-hybridized carbons (Fsp3) is 0.350. The van der Waals surface area contributed by atoms with Gasteiger partial charge in [0.1, 0.15) is 5.52 Å². The Bertz CT molecular complexity index is 869. The van der Waals surface area contributed by atoms with Crippen molar-refractivity contribution in [3.8, 4) is 5.69 Å². The number of benzene rings is 2. The average Bonchev–Trinajstić information content (AvgIpc) is 3.11. The van der Waals surface area contributed by atoms with Gasteiger partial charge in [-0.3, -0.25) is 4.99 Å². The molecule has 128 valence electrons. The van der Waals surface area contributed by atoms with Gasteiger partial charge in [-0.25, -0.2) is 4.68 Å². The number of para-hydroxylation sites is 1. The molecule has 2 aromatic carbocycles. The number of fused-ring (bicyclic) bond motifs is 1. The smallest absolute Gasteiger partial charge is 0.113 e. The lowest BCUT2D eigenvalue weighted by molar-refractivity contribution is 0.172. The summed E-state index contributed by atoms with van der Waals surface area (Å²) >= 11 is 0. The third-order valence-electron chi connectivity index (χ3n) is 5.01. The number of aliphatic hydroxyl groups is 1. The van der Waals surface area contributed by atoms with Crippen LogP contribution in [0.25, 0.3) is 16.7 Å². The molecule has 0 aliphatic heterocycles. The molecule has 0 radical (unpaired) electrons. The molecule has 0 saturated heterocycles. The lowest BCUT2D eigenvalue weighted by Crippen LogP contribution is -2.26. The lowest BCUT2D eigenvalue weighted by atomic mass is 9.85. The Hall–Kier alpha value is -2.53. The summed E-state index contributed by atoms with van der Waals surface area (Å²) in [6.07, 6.45) is 6.50. The molecule has 1 heterocycles. The van der Waals surface area contributed by atoms with Gasteiger partial charge in [0.05, 0.1) is 17.2 Å². The van der Waals surface area contributed by atoms with Gasteiger partial charge >= 0.3 is 0 Å². The van der Waals surface area contributed by atoms with Crippen LogP contribution in [-0.4, -0.2) is 39.0 Å². The first kappa shape index (κ1) is 16.0. The van der Waals surface area contributed by atoms with E-state index in [1.165, 1.54) is 12.8 Å². The minimum Gasteiger partial charge on any atom is -0.396 e. The zero-order valence-corrected chi connectivity index (χ0v) is 14.1. The fourth-order valence-electron chi connectivity index (χ4n) is 3.54. The lowest BCUT2D eigenvalue weighted by Gasteiger charge is -2.26. The summed E-state index contributed by atoms with van der Waals surface area (Å²) in [5.74, 6) is 0.311. The molecule has 2 atom stereocenters. The molecule has 0 unspecified atom stereocenters. The van der Waals surface area contributed by atoms with Gasteiger partial charge < -0.3 is 5.11 Å². The maximum absolute atomic E-state index is 9.50. The summed E-state index contributed by atoms with van der Waals surface area (Å²) in [7, 11) is 0. The second-order valence-corrected chi connectivity index (χ2v) is 6.65. The van der Waals surface area contributed by atoms with E-state index < -0.39 is 0 Å². The van der Waals surface area contributed by atoms with E-state index in [0.717, 1.165) is 35.1 Å². The second-order valence-electron chi connectivity index (χ2n) is 6.65. The van der Waals surface area contributed by atoms with E-state index in [-0.39, 0.29) is 12.6 Å². The topological polar surface area (TPSA) is 63.3 Å². The molecule has 3 aromatic rings. The summed E-state index contributed by atoms with van der Waals surface area (Å²) in [5.41, 5.74) is 3.93. The Morgan fingerprint density at radius 3 is 2.72 bits per heavy atom. The summed E-state index contributed by atoms with van der Waals surface area (Å²) in [5, 5.41) is 17.9. The number of aliphatic imine (C=N–C) groups is 1. The highest BCUT2D eigenvalue weighted by Crippen LogP contribution is 2.26. The molecule has 1 fully saturated rings. The average molecular weight is 334 g/mol. The zero-order valence-electron chi connectivity index (χ0n) is 14.1. The molecule has 1 aliphatic carbocycles. The molecule has 0 spiro atoms. The zero-order chi connectivity index (χ0) is 17.1. The predicted molar refractivity (Wildman–Crippen MR) is 99.3 cm³/mol. The number of rotatable bonds is 4. The maximum atomic E-state index is 9.50. The highest BCUT2D eigenvalue weighted by molar-refractivity contribution is 5.80. The number of aliphatic hydroxyl groups excluding tert-OH is 1. The van der Waals surface area contributed by atoms with E-state index >= 15 is 0 Å². The Balaban J connectivity index is 1.53. The highest BCUT2D eigenvalue weighted by Gasteiger charge is 2.23. The summed E-state index contributed by atoms with van der Waals surface area (Å²) < 4.78 is 1.85. The van der Waals surface area contributed by atoms with Crippen molar-refractivity contribution in [1.29, 1.82) is 0 Å². The van der Waals surface area contributed by atoms with Crippen LogP contribution in [0.4, 0.5) is 0 Å². The van der Waals surface area contributed by atoms with Crippen LogP contribution < -0.4 is 0 Å². The van der Waals surface area contributed by atoms with Crippen LogP contribution in [0.2, 0.25) is 0 Å². The van der Waals surface area contributed by atoms with Crippen molar-refractivity contribution < 1.29 is 5.11 Å². The molecule has 1 aliphatic rings. The predicted octanol–water partition coefficient (Wildman–Crippen LogP) is 3.39. The molecular formula is C20H22N4O. The van der Waals surface area contributed by atoms with Crippen molar-refractivity contribution in [2.75, 3.05) is 6.61 Å². The van der Waals surface area contributed by atoms with Gasteiger partial charge in [-0.15, -0.1) is 5.10 Å². The third-order valence-corrected chi connectivity index (χ3v) is 5.01. The van der Waals surface area contributed by atoms with Crippen LogP contribution in [-0.2, 0) is 0 Å². The minimum absolute atomic E-state index is 0.236. The van der Waals surface area contributed by atoms with Gasteiger partial charge in [0.2, 0.25) is 0 Å². The van der Waals surface area contributed by atoms with Gasteiger partial charge in [-0.2, -0.15) is 0 Å². The number of hydrogen-bond donors (Lipinski definition) is 1. The molecule has 25 heavy (non-hydrogen) atoms. The van der Waals surface area contributed by atoms with E-state index in [1.54, 1.807) is 0 Å². The monoisotopic (exact) mass is 334 g/mol. The SMILES string of the molecule is OC[C@@H]1CCCC[C@H]1N=Cc1ccc(-n2nnc3ccccc32)cc1. The first-order valence-corrected chi connectivity index (χ1v) is 8.90. The van der Waals surface area contributed by atoms with Crippen molar-refractivity contribution in [3.63, 3.8) is 0 Å². The van der Waals surface area contributed by atoms with Crippen molar-refractivity contribution >= 4 is 17.2 Å². The molecule has 0 amide bonds. The molecule has 5 nitrogen and oxygen atoms in total. The van der Waals surface area contributed by atoms with Crippen molar-refractivity contribution in [3.05, 3.63) is 54.1 Å². The van der Waals surface area contributed by atoms with E-state index in [1.807, 2.05) is 59.4 Å². The van der Waals surface area contributed by atoms with Crippen LogP contribution in [0.5, 0.6) is 0 Å². The fourth-order valence-corrected chi connectivity index (χ4v) is 3.54. The Kier molecular flexibility index (Phi) is 4.57. The number of nitrogens with zero attached hydrogens (tertiary/aromatic N) is 4. The molecule has 0 bridgehead atoms. The molecular weight excluding hydrogens is 312 g/mol. The van der Waals surface area contributed by atoms with E-state index in [0.29, 0.717) is 5.92 Å². The van der Waals surface area contributed by atoms with Crippen LogP contribution in [0.15, 0.2) is 53.5 Å².